The van der Waals surface area contributed by atoms with Crippen molar-refractivity contribution in [1.82, 2.24) is 20.1 Å². The number of nitrogens with zero attached hydrogens (tertiary/aromatic N) is 3. The Bertz CT molecular complexity index is 295. The molecule has 4 heteroatoms. The van der Waals surface area contributed by atoms with Crippen molar-refractivity contribution in [3.8, 4) is 12.3 Å². The van der Waals surface area contributed by atoms with Crippen LogP contribution in [0.4, 0.5) is 0 Å². The summed E-state index contributed by atoms with van der Waals surface area (Å²) in [5.41, 5.74) is 0. The fourth-order valence-corrected chi connectivity index (χ4v) is 1.07. The van der Waals surface area contributed by atoms with Gasteiger partial charge in [-0.3, -0.25) is 5.32 Å². The summed E-state index contributed by atoms with van der Waals surface area (Å²) in [5.74, 6) is 3.43. The van der Waals surface area contributed by atoms with E-state index >= 15 is 0 Å². The third-order valence-electron chi connectivity index (χ3n) is 1.71. The average Bonchev–Trinajstić information content (AvgIpc) is 2.53. The SMILES string of the molecule is C#CCNCc1nncn1C(C)C. The van der Waals surface area contributed by atoms with Gasteiger partial charge in [0.1, 0.15) is 12.2 Å². The van der Waals surface area contributed by atoms with Gasteiger partial charge in [-0.15, -0.1) is 16.6 Å². The van der Waals surface area contributed by atoms with E-state index in [9.17, 15) is 0 Å². The number of hydrogen-bond donors (Lipinski definition) is 1. The maximum Gasteiger partial charge on any atom is 0.147 e. The number of terminal acetylenes is 1. The van der Waals surface area contributed by atoms with Gasteiger partial charge < -0.3 is 4.57 Å². The Morgan fingerprint density at radius 3 is 3.08 bits per heavy atom. The molecule has 1 aromatic heterocycles. The van der Waals surface area contributed by atoms with E-state index in [4.69, 9.17) is 6.42 Å². The summed E-state index contributed by atoms with van der Waals surface area (Å²) in [6, 6.07) is 0.387. The van der Waals surface area contributed by atoms with Crippen LogP contribution in [-0.2, 0) is 6.54 Å². The minimum atomic E-state index is 0.387. The van der Waals surface area contributed by atoms with Crippen molar-refractivity contribution in [3.05, 3.63) is 12.2 Å². The first-order valence-electron chi connectivity index (χ1n) is 4.28. The molecule has 1 N–H and O–H groups in total. The zero-order valence-corrected chi connectivity index (χ0v) is 7.99. The van der Waals surface area contributed by atoms with Gasteiger partial charge in [-0.2, -0.15) is 0 Å². The predicted molar refractivity (Wildman–Crippen MR) is 50.9 cm³/mol. The van der Waals surface area contributed by atoms with Gasteiger partial charge in [0.2, 0.25) is 0 Å². The monoisotopic (exact) mass is 178 g/mol. The van der Waals surface area contributed by atoms with E-state index < -0.39 is 0 Å². The normalized spacial score (nSPS) is 10.3. The van der Waals surface area contributed by atoms with Crippen LogP contribution in [0.2, 0.25) is 0 Å². The van der Waals surface area contributed by atoms with E-state index in [-0.39, 0.29) is 0 Å². The predicted octanol–water partition coefficient (Wildman–Crippen LogP) is 0.582. The van der Waals surface area contributed by atoms with Crippen LogP contribution >= 0.6 is 0 Å². The van der Waals surface area contributed by atoms with Crippen LogP contribution in [-0.4, -0.2) is 21.3 Å². The van der Waals surface area contributed by atoms with E-state index in [0.717, 1.165) is 5.82 Å². The number of hydrogen-bond acceptors (Lipinski definition) is 3. The first kappa shape index (κ1) is 9.75. The zero-order chi connectivity index (χ0) is 9.68. The fraction of sp³-hybridized carbons (Fsp3) is 0.556. The molecule has 0 fully saturated rings. The van der Waals surface area contributed by atoms with Gasteiger partial charge >= 0.3 is 0 Å². The molecule has 0 atom stereocenters. The third kappa shape index (κ3) is 2.56. The second-order valence-electron chi connectivity index (χ2n) is 3.06. The van der Waals surface area contributed by atoms with Gasteiger partial charge in [0.15, 0.2) is 0 Å². The summed E-state index contributed by atoms with van der Waals surface area (Å²) in [6.07, 6.45) is 6.84. The summed E-state index contributed by atoms with van der Waals surface area (Å²) in [6.45, 7) is 5.41. The Morgan fingerprint density at radius 2 is 2.46 bits per heavy atom. The topological polar surface area (TPSA) is 42.7 Å². The number of rotatable bonds is 4. The Kier molecular flexibility index (Phi) is 3.47. The highest BCUT2D eigenvalue weighted by molar-refractivity contribution is 4.91. The van der Waals surface area contributed by atoms with E-state index in [1.165, 1.54) is 0 Å². The van der Waals surface area contributed by atoms with Gasteiger partial charge in [-0.25, -0.2) is 0 Å². The summed E-state index contributed by atoms with van der Waals surface area (Å²) in [4.78, 5) is 0. The van der Waals surface area contributed by atoms with Crippen LogP contribution in [0.15, 0.2) is 6.33 Å². The summed E-state index contributed by atoms with van der Waals surface area (Å²) >= 11 is 0. The standard InChI is InChI=1S/C9H14N4/c1-4-5-10-6-9-12-11-7-13(9)8(2)3/h1,7-8,10H,5-6H2,2-3H3. The molecule has 0 saturated carbocycles. The molecule has 0 aliphatic carbocycles. The van der Waals surface area contributed by atoms with E-state index in [1.54, 1.807) is 6.33 Å². The molecular weight excluding hydrogens is 164 g/mol. The quantitative estimate of drug-likeness (QED) is 0.542. The molecule has 1 aromatic rings. The van der Waals surface area contributed by atoms with Crippen LogP contribution in [0, 0.1) is 12.3 Å². The Morgan fingerprint density at radius 1 is 1.69 bits per heavy atom. The summed E-state index contributed by atoms with van der Waals surface area (Å²) < 4.78 is 2.02. The van der Waals surface area contributed by atoms with Crippen molar-refractivity contribution in [3.63, 3.8) is 0 Å². The highest BCUT2D eigenvalue weighted by atomic mass is 15.3. The lowest BCUT2D eigenvalue weighted by Crippen LogP contribution is -2.17. The molecule has 70 valence electrons. The lowest BCUT2D eigenvalue weighted by Gasteiger charge is -2.09. The molecular formula is C9H14N4. The van der Waals surface area contributed by atoms with Crippen LogP contribution in [0.25, 0.3) is 0 Å². The average molecular weight is 178 g/mol. The second kappa shape index (κ2) is 4.63. The van der Waals surface area contributed by atoms with E-state index in [1.807, 2.05) is 4.57 Å². The van der Waals surface area contributed by atoms with Crippen LogP contribution in [0.1, 0.15) is 25.7 Å². The molecule has 0 amide bonds. The highest BCUT2D eigenvalue weighted by Crippen LogP contribution is 2.05. The third-order valence-corrected chi connectivity index (χ3v) is 1.71. The largest absolute Gasteiger partial charge is 0.314 e. The van der Waals surface area contributed by atoms with Crippen LogP contribution < -0.4 is 5.32 Å². The van der Waals surface area contributed by atoms with Crippen molar-refractivity contribution in [2.24, 2.45) is 0 Å². The molecule has 0 aliphatic heterocycles. The molecule has 0 aromatic carbocycles. The lowest BCUT2D eigenvalue weighted by molar-refractivity contribution is 0.551. The highest BCUT2D eigenvalue weighted by Gasteiger charge is 2.05. The van der Waals surface area contributed by atoms with Crippen molar-refractivity contribution in [2.75, 3.05) is 6.54 Å². The molecule has 0 aliphatic rings. The molecule has 1 rings (SSSR count). The van der Waals surface area contributed by atoms with Crippen molar-refractivity contribution < 1.29 is 0 Å². The van der Waals surface area contributed by atoms with Gasteiger partial charge in [-0.1, -0.05) is 5.92 Å². The first-order valence-corrected chi connectivity index (χ1v) is 4.28. The van der Waals surface area contributed by atoms with Gasteiger partial charge in [0.25, 0.3) is 0 Å². The molecule has 4 nitrogen and oxygen atoms in total. The van der Waals surface area contributed by atoms with E-state index in [2.05, 4.69) is 35.3 Å². The lowest BCUT2D eigenvalue weighted by atomic mass is 10.4. The van der Waals surface area contributed by atoms with E-state index in [0.29, 0.717) is 19.1 Å². The molecule has 0 saturated heterocycles. The molecule has 13 heavy (non-hydrogen) atoms. The summed E-state index contributed by atoms with van der Waals surface area (Å²) in [7, 11) is 0. The molecule has 1 heterocycles. The number of nitrogens with one attached hydrogen (secondary N) is 1. The van der Waals surface area contributed by atoms with Gasteiger partial charge in [0.05, 0.1) is 13.1 Å². The number of aromatic nitrogens is 3. The Labute approximate surface area is 78.4 Å². The maximum absolute atomic E-state index is 5.11. The summed E-state index contributed by atoms with van der Waals surface area (Å²) in [5, 5.41) is 10.9. The van der Waals surface area contributed by atoms with Crippen molar-refractivity contribution >= 4 is 0 Å². The Hall–Kier alpha value is -1.34. The van der Waals surface area contributed by atoms with Crippen molar-refractivity contribution in [2.45, 2.75) is 26.4 Å². The van der Waals surface area contributed by atoms with Crippen molar-refractivity contribution in [1.29, 1.82) is 0 Å². The molecule has 0 spiro atoms. The first-order chi connectivity index (χ1) is 6.25. The molecule has 0 bridgehead atoms. The fourth-order valence-electron chi connectivity index (χ4n) is 1.07. The minimum absolute atomic E-state index is 0.387. The molecule has 0 unspecified atom stereocenters. The van der Waals surface area contributed by atoms with Gasteiger partial charge in [0, 0.05) is 6.04 Å². The second-order valence-corrected chi connectivity index (χ2v) is 3.06. The zero-order valence-electron chi connectivity index (χ0n) is 7.99. The molecule has 0 radical (unpaired) electrons. The minimum Gasteiger partial charge on any atom is -0.314 e. The van der Waals surface area contributed by atoms with Crippen LogP contribution in [0.3, 0.4) is 0 Å². The maximum atomic E-state index is 5.11. The van der Waals surface area contributed by atoms with Crippen LogP contribution in [0.5, 0.6) is 0 Å². The van der Waals surface area contributed by atoms with Gasteiger partial charge in [-0.05, 0) is 13.8 Å². The Balaban J connectivity index is 2.56. The smallest absolute Gasteiger partial charge is 0.147 e.